The quantitative estimate of drug-likeness (QED) is 0.0958. The molecule has 4 N–H and O–H groups in total. The molecule has 2 aliphatic rings. The molecule has 50 heavy (non-hydrogen) atoms. The van der Waals surface area contributed by atoms with E-state index >= 15 is 0 Å². The Morgan fingerprint density at radius 1 is 0.620 bits per heavy atom. The summed E-state index contributed by atoms with van der Waals surface area (Å²) in [4.78, 5) is 2.84. The minimum atomic E-state index is -5.03. The average Bonchev–Trinajstić information content (AvgIpc) is 3.01. The van der Waals surface area contributed by atoms with E-state index in [0.717, 1.165) is 22.9 Å². The second-order valence-electron chi connectivity index (χ2n) is 11.8. The van der Waals surface area contributed by atoms with E-state index in [-0.39, 0.29) is 44.6 Å². The molecule has 6 rings (SSSR count). The predicted octanol–water partition coefficient (Wildman–Crippen LogP) is 7.15. The fourth-order valence-electron chi connectivity index (χ4n) is 6.01. The zero-order chi connectivity index (χ0) is 36.3. The van der Waals surface area contributed by atoms with Crippen LogP contribution in [0.3, 0.4) is 0 Å². The maximum absolute atomic E-state index is 12.9. The summed E-state index contributed by atoms with van der Waals surface area (Å²) in [6.45, 7) is 6.88. The first-order chi connectivity index (χ1) is 23.3. The summed E-state index contributed by atoms with van der Waals surface area (Å²) in [5.74, 6) is 0.00857. The van der Waals surface area contributed by atoms with E-state index in [0.29, 0.717) is 16.6 Å². The average molecular weight is 735 g/mol. The second kappa shape index (κ2) is 12.5. The van der Waals surface area contributed by atoms with E-state index in [9.17, 15) is 38.9 Å². The number of hydrogen-bond donors (Lipinski definition) is 4. The van der Waals surface area contributed by atoms with Crippen molar-refractivity contribution >= 4 is 58.4 Å². The van der Waals surface area contributed by atoms with Gasteiger partial charge in [-0.3, -0.25) is 13.7 Å². The van der Waals surface area contributed by atoms with Crippen LogP contribution in [-0.2, 0) is 30.4 Å². The lowest BCUT2D eigenvalue weighted by Gasteiger charge is -2.19. The number of nitrogens with zero attached hydrogens (tertiary/aromatic N) is 1. The zero-order valence-corrected chi connectivity index (χ0v) is 29.4. The SMILES string of the molecule is Cc1ccc(S(=O)(=O)O)c(C)c1/N=c1\cc2oc3cc(Nc4c(C)cccc4C)ccc3c(-c3ccccc3S(=O)(=O)O)c-2cc1S(=O)(=O)O. The van der Waals surface area contributed by atoms with Crippen molar-refractivity contribution in [2.24, 2.45) is 4.99 Å². The van der Waals surface area contributed by atoms with Gasteiger partial charge in [0.05, 0.1) is 15.9 Å². The van der Waals surface area contributed by atoms with Crippen molar-refractivity contribution in [3.05, 3.63) is 113 Å². The van der Waals surface area contributed by atoms with Crippen molar-refractivity contribution < 1.29 is 43.3 Å². The molecule has 4 aromatic rings. The van der Waals surface area contributed by atoms with Crippen LogP contribution < -0.4 is 10.7 Å². The summed E-state index contributed by atoms with van der Waals surface area (Å²) in [6, 6.07) is 21.4. The number of rotatable bonds is 7. The van der Waals surface area contributed by atoms with Gasteiger partial charge in [0.25, 0.3) is 30.4 Å². The molecular weight excluding hydrogens is 705 g/mol. The normalized spacial score (nSPS) is 12.9. The van der Waals surface area contributed by atoms with Crippen molar-refractivity contribution in [3.63, 3.8) is 0 Å². The van der Waals surface area contributed by atoms with Crippen molar-refractivity contribution in [2.45, 2.75) is 42.4 Å². The third-order valence-corrected chi connectivity index (χ3v) is 11.1. The molecule has 0 radical (unpaired) electrons. The Morgan fingerprint density at radius 3 is 1.90 bits per heavy atom. The van der Waals surface area contributed by atoms with E-state index in [1.807, 2.05) is 32.0 Å². The van der Waals surface area contributed by atoms with Crippen molar-refractivity contribution in [3.8, 4) is 22.5 Å². The molecule has 15 heteroatoms. The Hall–Kier alpha value is -4.90. The topological polar surface area (TPSA) is 201 Å². The highest BCUT2D eigenvalue weighted by Crippen LogP contribution is 2.44. The fraction of sp³-hybridized carbons (Fsp3) is 0.114. The molecule has 0 fully saturated rings. The Kier molecular flexibility index (Phi) is 8.70. The molecule has 0 aromatic heterocycles. The monoisotopic (exact) mass is 734 g/mol. The highest BCUT2D eigenvalue weighted by Gasteiger charge is 2.27. The van der Waals surface area contributed by atoms with Gasteiger partial charge >= 0.3 is 0 Å². The molecule has 0 amide bonds. The van der Waals surface area contributed by atoms with Crippen LogP contribution in [0, 0.1) is 27.7 Å². The highest BCUT2D eigenvalue weighted by molar-refractivity contribution is 7.86. The summed E-state index contributed by atoms with van der Waals surface area (Å²) in [6.07, 6.45) is 0. The Labute approximate surface area is 288 Å². The first kappa shape index (κ1) is 34.9. The zero-order valence-electron chi connectivity index (χ0n) is 27.0. The largest absolute Gasteiger partial charge is 0.456 e. The van der Waals surface area contributed by atoms with Gasteiger partial charge in [-0.15, -0.1) is 0 Å². The Balaban J connectivity index is 1.75. The number of benzene rings is 5. The molecule has 0 unspecified atom stereocenters. The van der Waals surface area contributed by atoms with Crippen LogP contribution in [0.25, 0.3) is 33.4 Å². The van der Waals surface area contributed by atoms with E-state index in [4.69, 9.17) is 4.42 Å². The van der Waals surface area contributed by atoms with Gasteiger partial charge in [-0.1, -0.05) is 42.5 Å². The second-order valence-corrected chi connectivity index (χ2v) is 16.0. The lowest BCUT2D eigenvalue weighted by atomic mass is 9.93. The predicted molar refractivity (Wildman–Crippen MR) is 188 cm³/mol. The summed E-state index contributed by atoms with van der Waals surface area (Å²) in [5, 5.41) is 3.40. The van der Waals surface area contributed by atoms with E-state index in [2.05, 4.69) is 10.3 Å². The van der Waals surface area contributed by atoms with E-state index in [1.165, 1.54) is 43.3 Å². The molecule has 0 saturated heterocycles. The van der Waals surface area contributed by atoms with Crippen LogP contribution in [0.2, 0.25) is 0 Å². The number of nitrogens with one attached hydrogen (secondary N) is 1. The highest BCUT2D eigenvalue weighted by atomic mass is 32.2. The van der Waals surface area contributed by atoms with Crippen LogP contribution in [-0.4, -0.2) is 38.9 Å². The minimum absolute atomic E-state index is 0.00857. The number of hydrogen-bond acceptors (Lipinski definition) is 9. The molecule has 1 aliphatic carbocycles. The molecule has 1 aliphatic heterocycles. The molecular formula is C35H30N2O10S3. The van der Waals surface area contributed by atoms with Gasteiger partial charge in [0.1, 0.15) is 21.1 Å². The molecule has 12 nitrogen and oxygen atoms in total. The van der Waals surface area contributed by atoms with E-state index in [1.54, 1.807) is 31.2 Å². The van der Waals surface area contributed by atoms with E-state index < -0.39 is 45.0 Å². The van der Waals surface area contributed by atoms with Crippen LogP contribution in [0.4, 0.5) is 17.1 Å². The standard InChI is InChI=1S/C35H30N2O10S3/c1-19-8-7-9-20(2)34(19)36-23-13-14-24-28(16-23)47-29-18-27(37-35-21(3)12-15-30(22(35)4)48(38,39)40)32(50(44,45)46)17-26(29)33(24)25-10-5-6-11-31(25)49(41,42)43/h5-18,36H,1-4H3,(H,38,39,40)(H,41,42,43)(H,44,45,46)/b37-27+. The minimum Gasteiger partial charge on any atom is -0.456 e. The maximum Gasteiger partial charge on any atom is 0.296 e. The first-order valence-electron chi connectivity index (χ1n) is 14.9. The third-order valence-electron chi connectivity index (χ3n) is 8.36. The van der Waals surface area contributed by atoms with Gasteiger partial charge in [0.15, 0.2) is 0 Å². The van der Waals surface area contributed by atoms with Crippen molar-refractivity contribution in [1.82, 2.24) is 0 Å². The molecule has 1 heterocycles. The summed E-state index contributed by atoms with van der Waals surface area (Å²) in [5.41, 5.74) is 4.39. The Bertz CT molecular complexity index is 2730. The lowest BCUT2D eigenvalue weighted by molar-refractivity contribution is 0.479. The van der Waals surface area contributed by atoms with Crippen LogP contribution in [0.5, 0.6) is 0 Å². The van der Waals surface area contributed by atoms with Crippen LogP contribution in [0.1, 0.15) is 22.3 Å². The summed E-state index contributed by atoms with van der Waals surface area (Å²) in [7, 11) is -14.5. The number of aryl methyl sites for hydroxylation is 3. The van der Waals surface area contributed by atoms with Crippen molar-refractivity contribution in [1.29, 1.82) is 0 Å². The molecule has 258 valence electrons. The molecule has 4 aromatic carbocycles. The van der Waals surface area contributed by atoms with Crippen molar-refractivity contribution in [2.75, 3.05) is 5.32 Å². The van der Waals surface area contributed by atoms with Gasteiger partial charge in [-0.05, 0) is 80.3 Å². The number of anilines is 2. The summed E-state index contributed by atoms with van der Waals surface area (Å²) < 4.78 is 112. The first-order valence-corrected chi connectivity index (χ1v) is 19.2. The third kappa shape index (κ3) is 6.54. The van der Waals surface area contributed by atoms with Gasteiger partial charge in [-0.2, -0.15) is 25.3 Å². The molecule has 0 atom stereocenters. The van der Waals surface area contributed by atoms with Gasteiger partial charge < -0.3 is 9.73 Å². The number of fused-ring (bicyclic) bond motifs is 2. The smallest absolute Gasteiger partial charge is 0.296 e. The maximum atomic E-state index is 12.9. The van der Waals surface area contributed by atoms with Crippen LogP contribution in [0.15, 0.2) is 109 Å². The van der Waals surface area contributed by atoms with Gasteiger partial charge in [-0.25, -0.2) is 4.99 Å². The molecule has 0 saturated carbocycles. The molecule has 0 bridgehead atoms. The van der Waals surface area contributed by atoms with Crippen LogP contribution >= 0.6 is 0 Å². The lowest BCUT2D eigenvalue weighted by Crippen LogP contribution is -2.16. The Morgan fingerprint density at radius 2 is 1.26 bits per heavy atom. The molecule has 0 spiro atoms. The fourth-order valence-corrected chi connectivity index (χ4v) is 8.07. The summed E-state index contributed by atoms with van der Waals surface area (Å²) >= 11 is 0. The number of para-hydroxylation sites is 1. The van der Waals surface area contributed by atoms with Gasteiger partial charge in [0, 0.05) is 45.6 Å². The van der Waals surface area contributed by atoms with Gasteiger partial charge in [0.2, 0.25) is 0 Å².